The van der Waals surface area contributed by atoms with Crippen LogP contribution in [0.4, 0.5) is 22.0 Å². The minimum absolute atomic E-state index is 0.00765. The van der Waals surface area contributed by atoms with Crippen molar-refractivity contribution in [3.8, 4) is 22.6 Å². The molecular weight excluding hydrogens is 773 g/mol. The highest BCUT2D eigenvalue weighted by molar-refractivity contribution is 7.89. The Hall–Kier alpha value is -3.99. The van der Waals surface area contributed by atoms with Crippen molar-refractivity contribution in [2.24, 2.45) is 11.7 Å². The molecule has 17 heteroatoms. The molecule has 2 saturated heterocycles. The number of nitrogens with zero attached hydrogens (tertiary/aromatic N) is 2. The van der Waals surface area contributed by atoms with Crippen molar-refractivity contribution in [1.82, 2.24) is 9.21 Å². The third kappa shape index (κ3) is 11.1. The smallest absolute Gasteiger partial charge is 0.490 e. The zero-order valence-corrected chi connectivity index (χ0v) is 31.3. The fourth-order valence-corrected chi connectivity index (χ4v) is 8.59. The van der Waals surface area contributed by atoms with E-state index in [4.69, 9.17) is 36.7 Å². The molecule has 3 aliphatic rings. The first-order valence-electron chi connectivity index (χ1n) is 17.9. The zero-order valence-electron chi connectivity index (χ0n) is 29.8. The van der Waals surface area contributed by atoms with E-state index in [1.807, 2.05) is 48.5 Å². The Morgan fingerprint density at radius 1 is 0.855 bits per heavy atom. The summed E-state index contributed by atoms with van der Waals surface area (Å²) in [5.41, 5.74) is 7.58. The maximum Gasteiger partial charge on any atom is 0.490 e. The van der Waals surface area contributed by atoms with Crippen molar-refractivity contribution < 1.29 is 54.5 Å². The first-order valence-corrected chi connectivity index (χ1v) is 19.8. The van der Waals surface area contributed by atoms with E-state index in [1.54, 1.807) is 12.1 Å². The number of carboxylic acids is 1. The average molecular weight is 816 g/mol. The molecule has 3 fully saturated rings. The number of aliphatic carboxylic acids is 1. The lowest BCUT2D eigenvalue weighted by molar-refractivity contribution is -0.192. The number of carbonyl (C=O) groups excluding carboxylic acids is 1. The number of hydrogen-bond acceptors (Lipinski definition) is 7. The summed E-state index contributed by atoms with van der Waals surface area (Å²) in [4.78, 5) is 23.9. The number of likely N-dealkylation sites (tertiary alicyclic amines) is 1. The van der Waals surface area contributed by atoms with Crippen LogP contribution in [-0.2, 0) is 19.6 Å². The zero-order chi connectivity index (χ0) is 40.0. The normalized spacial score (nSPS) is 22.2. The molecule has 10 nitrogen and oxygen atoms in total. The Labute approximate surface area is 321 Å². The molecule has 55 heavy (non-hydrogen) atoms. The minimum Gasteiger partial charge on any atom is -0.493 e. The number of halogens is 6. The number of rotatable bonds is 9. The number of carboxylic acid groups (broad SMARTS) is 1. The van der Waals surface area contributed by atoms with E-state index < -0.39 is 58.7 Å². The van der Waals surface area contributed by atoms with E-state index in [0.29, 0.717) is 35.5 Å². The van der Waals surface area contributed by atoms with Gasteiger partial charge in [0.2, 0.25) is 15.9 Å². The van der Waals surface area contributed by atoms with Gasteiger partial charge in [-0.2, -0.15) is 17.5 Å². The molecule has 1 amide bonds. The quantitative estimate of drug-likeness (QED) is 0.213. The third-order valence-electron chi connectivity index (χ3n) is 9.97. The second-order valence-electron chi connectivity index (χ2n) is 13.9. The van der Waals surface area contributed by atoms with Crippen LogP contribution in [0.2, 0.25) is 5.02 Å². The van der Waals surface area contributed by atoms with E-state index in [-0.39, 0.29) is 30.8 Å². The van der Waals surface area contributed by atoms with Crippen molar-refractivity contribution in [2.75, 3.05) is 26.2 Å². The molecule has 3 aromatic carbocycles. The predicted molar refractivity (Wildman–Crippen MR) is 195 cm³/mol. The van der Waals surface area contributed by atoms with Crippen LogP contribution in [-0.4, -0.2) is 91.1 Å². The van der Waals surface area contributed by atoms with Gasteiger partial charge < -0.3 is 25.2 Å². The molecule has 300 valence electrons. The lowest BCUT2D eigenvalue weighted by Crippen LogP contribution is -2.62. The van der Waals surface area contributed by atoms with E-state index in [1.165, 1.54) is 31.4 Å². The summed E-state index contributed by atoms with van der Waals surface area (Å²) in [5, 5.41) is 7.77. The number of ether oxygens (including phenoxy) is 2. The van der Waals surface area contributed by atoms with Gasteiger partial charge in [0.1, 0.15) is 23.6 Å². The molecule has 3 N–H and O–H groups in total. The lowest BCUT2D eigenvalue weighted by atomic mass is 9.90. The molecule has 0 aromatic heterocycles. The molecule has 0 bridgehead atoms. The Bertz CT molecular complexity index is 1860. The van der Waals surface area contributed by atoms with Crippen LogP contribution in [0, 0.1) is 5.92 Å². The fourth-order valence-electron chi connectivity index (χ4n) is 6.86. The summed E-state index contributed by atoms with van der Waals surface area (Å²) in [6.45, 7) is -0.271. The number of carbonyl (C=O) groups is 2. The van der Waals surface area contributed by atoms with Gasteiger partial charge in [-0.25, -0.2) is 22.0 Å². The summed E-state index contributed by atoms with van der Waals surface area (Å²) in [5.74, 6) is -5.08. The molecule has 3 atom stereocenters. The highest BCUT2D eigenvalue weighted by Crippen LogP contribution is 2.34. The van der Waals surface area contributed by atoms with Crippen molar-refractivity contribution in [1.29, 1.82) is 0 Å². The number of hydrogen-bond donors (Lipinski definition) is 2. The van der Waals surface area contributed by atoms with Crippen LogP contribution in [0.5, 0.6) is 11.5 Å². The summed E-state index contributed by atoms with van der Waals surface area (Å²) < 4.78 is 102. The summed E-state index contributed by atoms with van der Waals surface area (Å²) >= 11 is 6.02. The maximum absolute atomic E-state index is 14.6. The molecule has 0 spiro atoms. The number of amides is 1. The molecule has 0 radical (unpaired) electrons. The lowest BCUT2D eigenvalue weighted by Gasteiger charge is -2.42. The molecule has 3 aromatic rings. The van der Waals surface area contributed by atoms with Gasteiger partial charge in [-0.3, -0.25) is 4.79 Å². The Balaban J connectivity index is 0.000000757. The van der Waals surface area contributed by atoms with E-state index in [0.717, 1.165) is 33.2 Å². The predicted octanol–water partition coefficient (Wildman–Crippen LogP) is 7.40. The number of benzene rings is 3. The van der Waals surface area contributed by atoms with E-state index in [2.05, 4.69) is 0 Å². The maximum atomic E-state index is 14.6. The van der Waals surface area contributed by atoms with Crippen molar-refractivity contribution >= 4 is 33.5 Å². The molecule has 1 saturated carbocycles. The molecule has 2 aliphatic heterocycles. The first kappa shape index (κ1) is 42.2. The molecule has 2 heterocycles. The van der Waals surface area contributed by atoms with Gasteiger partial charge in [0, 0.05) is 24.5 Å². The topological polar surface area (TPSA) is 139 Å². The van der Waals surface area contributed by atoms with Crippen LogP contribution in [0.15, 0.2) is 77.7 Å². The van der Waals surface area contributed by atoms with Crippen LogP contribution >= 0.6 is 11.6 Å². The third-order valence-corrected chi connectivity index (χ3v) is 12.1. The van der Waals surface area contributed by atoms with Crippen LogP contribution < -0.4 is 15.2 Å². The Kier molecular flexibility index (Phi) is 13.7. The van der Waals surface area contributed by atoms with Crippen LogP contribution in [0.3, 0.4) is 0 Å². The standard InChI is InChI=1S/C36H42ClF2N3O5S.C2HF3O2/c37-28-10-6-26(7-11-28)27-8-12-30(13-9-27)47-31-18-21-42(33(22-31)35(43)41-20-19-34(40)36(38,39)24-41)48(44,45)32-16-14-29(15-17-32)46-23-25-4-2-1-3-5-25;3-2(4,5)1(6)7/h6-17,25,31,33-34H,1-5,18-24,40H2;(H,6,7)/t31-,33+,34-;/m0./s1. The minimum atomic E-state index is -5.08. The largest absolute Gasteiger partial charge is 0.493 e. The van der Waals surface area contributed by atoms with Gasteiger partial charge in [0.15, 0.2) is 0 Å². The van der Waals surface area contributed by atoms with Gasteiger partial charge in [-0.15, -0.1) is 0 Å². The summed E-state index contributed by atoms with van der Waals surface area (Å²) in [7, 11) is -4.17. The highest BCUT2D eigenvalue weighted by atomic mass is 35.5. The number of piperidine rings is 2. The second kappa shape index (κ2) is 17.9. The van der Waals surface area contributed by atoms with Crippen molar-refractivity contribution in [2.45, 2.75) is 86.5 Å². The number of sulfonamides is 1. The van der Waals surface area contributed by atoms with Gasteiger partial charge in [0.25, 0.3) is 5.92 Å². The van der Waals surface area contributed by atoms with Crippen molar-refractivity contribution in [3.05, 3.63) is 77.8 Å². The van der Waals surface area contributed by atoms with Gasteiger partial charge in [-0.05, 0) is 91.3 Å². The van der Waals surface area contributed by atoms with Gasteiger partial charge >= 0.3 is 12.1 Å². The highest BCUT2D eigenvalue weighted by Gasteiger charge is 2.48. The van der Waals surface area contributed by atoms with Gasteiger partial charge in [-0.1, -0.05) is 55.1 Å². The number of nitrogens with two attached hydrogens (primary N) is 1. The monoisotopic (exact) mass is 815 g/mol. The summed E-state index contributed by atoms with van der Waals surface area (Å²) in [6, 6.07) is 18.5. The number of alkyl halides is 5. The van der Waals surface area contributed by atoms with E-state index >= 15 is 0 Å². The summed E-state index contributed by atoms with van der Waals surface area (Å²) in [6.07, 6.45) is 0.545. The molecule has 1 aliphatic carbocycles. The average Bonchev–Trinajstić information content (AvgIpc) is 3.16. The molecular formula is C38H43ClF5N3O7S. The molecule has 0 unspecified atom stereocenters. The SMILES string of the molecule is N[C@H]1CCN(C(=O)[C@H]2C[C@@H](Oc3ccc(-c4ccc(Cl)cc4)cc3)CCN2S(=O)(=O)c2ccc(OCC3CCCCC3)cc2)CC1(F)F.O=C(O)C(F)(F)F. The Morgan fingerprint density at radius 3 is 1.98 bits per heavy atom. The van der Waals surface area contributed by atoms with Crippen molar-refractivity contribution in [3.63, 3.8) is 0 Å². The van der Waals surface area contributed by atoms with Gasteiger partial charge in [0.05, 0.1) is 24.1 Å². The second-order valence-corrected chi connectivity index (χ2v) is 16.3. The van der Waals surface area contributed by atoms with E-state index in [9.17, 15) is 35.2 Å². The first-order chi connectivity index (χ1) is 25.9. The fraction of sp³-hybridized carbons (Fsp3) is 0.474. The Morgan fingerprint density at radius 2 is 1.42 bits per heavy atom. The van der Waals surface area contributed by atoms with Crippen LogP contribution in [0.1, 0.15) is 51.4 Å². The molecule has 6 rings (SSSR count). The van der Waals surface area contributed by atoms with Crippen LogP contribution in [0.25, 0.3) is 11.1 Å².